The van der Waals surface area contributed by atoms with Crippen LogP contribution in [0.1, 0.15) is 0 Å². The molecule has 2 aromatic carbocycles. The molecule has 2 aromatic rings. The molecule has 22 heavy (non-hydrogen) atoms. The summed E-state index contributed by atoms with van der Waals surface area (Å²) in [4.78, 5) is 0.125. The van der Waals surface area contributed by atoms with E-state index in [1.54, 1.807) is 24.3 Å². The van der Waals surface area contributed by atoms with E-state index in [1.165, 1.54) is 24.3 Å². The summed E-state index contributed by atoms with van der Waals surface area (Å²) in [7, 11) is -3.58. The largest absolute Gasteiger partial charge is 0.491 e. The van der Waals surface area contributed by atoms with Crippen LogP contribution in [0.5, 0.6) is 5.75 Å². The number of aliphatic hydroxyl groups excluding tert-OH is 1. The summed E-state index contributed by atoms with van der Waals surface area (Å²) in [6, 6.07) is 12.9. The Morgan fingerprint density at radius 2 is 1.68 bits per heavy atom. The van der Waals surface area contributed by atoms with E-state index in [4.69, 9.17) is 16.3 Å². The first-order chi connectivity index (χ1) is 10.4. The molecule has 2 rings (SSSR count). The summed E-state index contributed by atoms with van der Waals surface area (Å²) in [5, 5.41) is 10.3. The van der Waals surface area contributed by atoms with Gasteiger partial charge in [0.1, 0.15) is 18.5 Å². The summed E-state index contributed by atoms with van der Waals surface area (Å²) in [5.41, 5.74) is 0. The molecule has 0 aliphatic carbocycles. The fourth-order valence-electron chi connectivity index (χ4n) is 1.76. The second-order valence-electron chi connectivity index (χ2n) is 4.65. The van der Waals surface area contributed by atoms with Gasteiger partial charge in [0.2, 0.25) is 0 Å². The predicted molar refractivity (Wildman–Crippen MR) is 89.1 cm³/mol. The van der Waals surface area contributed by atoms with Gasteiger partial charge in [-0.2, -0.15) is 0 Å². The first kappa shape index (κ1) is 17.3. The van der Waals surface area contributed by atoms with Crippen LogP contribution in [0.15, 0.2) is 57.9 Å². The molecule has 118 valence electrons. The number of aliphatic hydroxyl groups is 1. The number of halogens is 2. The van der Waals surface area contributed by atoms with Crippen molar-refractivity contribution in [1.82, 2.24) is 0 Å². The van der Waals surface area contributed by atoms with Crippen LogP contribution in [-0.2, 0) is 9.84 Å². The molecular formula is C15H14BrClO4S. The van der Waals surface area contributed by atoms with Gasteiger partial charge < -0.3 is 9.84 Å². The summed E-state index contributed by atoms with van der Waals surface area (Å²) in [5.74, 6) is 0.150. The number of hydrogen-bond acceptors (Lipinski definition) is 4. The zero-order valence-corrected chi connectivity index (χ0v) is 14.6. The molecule has 1 atom stereocenters. The van der Waals surface area contributed by atoms with Crippen LogP contribution < -0.4 is 4.74 Å². The Labute approximate surface area is 142 Å². The molecule has 7 heteroatoms. The molecule has 0 saturated carbocycles. The van der Waals surface area contributed by atoms with Crippen molar-refractivity contribution in [2.24, 2.45) is 0 Å². The van der Waals surface area contributed by atoms with Gasteiger partial charge in [0.05, 0.1) is 10.6 Å². The predicted octanol–water partition coefficient (Wildman–Crippen LogP) is 3.32. The molecule has 0 aliphatic heterocycles. The quantitative estimate of drug-likeness (QED) is 0.801. The Hall–Kier alpha value is -1.08. The van der Waals surface area contributed by atoms with Gasteiger partial charge in [-0.3, -0.25) is 0 Å². The van der Waals surface area contributed by atoms with Crippen molar-refractivity contribution in [3.63, 3.8) is 0 Å². The lowest BCUT2D eigenvalue weighted by atomic mass is 10.3. The highest BCUT2D eigenvalue weighted by molar-refractivity contribution is 9.10. The molecule has 0 radical (unpaired) electrons. The topological polar surface area (TPSA) is 63.6 Å². The lowest BCUT2D eigenvalue weighted by molar-refractivity contribution is 0.125. The monoisotopic (exact) mass is 404 g/mol. The number of sulfone groups is 1. The third-order valence-corrected chi connectivity index (χ3v) is 5.44. The average Bonchev–Trinajstić information content (AvgIpc) is 2.46. The maximum absolute atomic E-state index is 12.1. The van der Waals surface area contributed by atoms with Crippen LogP contribution >= 0.6 is 27.5 Å². The lowest BCUT2D eigenvalue weighted by Crippen LogP contribution is -2.27. The van der Waals surface area contributed by atoms with Crippen molar-refractivity contribution in [3.8, 4) is 5.75 Å². The molecule has 0 fully saturated rings. The summed E-state index contributed by atoms with van der Waals surface area (Å²) in [6.45, 7) is -0.103. The molecule has 0 saturated heterocycles. The molecule has 4 nitrogen and oxygen atoms in total. The first-order valence-electron chi connectivity index (χ1n) is 6.41. The number of ether oxygens (including phenoxy) is 1. The van der Waals surface area contributed by atoms with Crippen LogP contribution in [0.4, 0.5) is 0 Å². The second kappa shape index (κ2) is 7.46. The Morgan fingerprint density at radius 3 is 2.27 bits per heavy atom. The Balaban J connectivity index is 1.94. The SMILES string of the molecule is O=S(=O)(C[C@H](O)COc1ccc(Br)cc1)c1ccc(Cl)cc1. The van der Waals surface area contributed by atoms with Gasteiger partial charge in [-0.05, 0) is 48.5 Å². The van der Waals surface area contributed by atoms with Crippen molar-refractivity contribution in [2.75, 3.05) is 12.4 Å². The van der Waals surface area contributed by atoms with E-state index in [-0.39, 0.29) is 11.5 Å². The van der Waals surface area contributed by atoms with Crippen molar-refractivity contribution in [2.45, 2.75) is 11.0 Å². The summed E-state index contributed by atoms with van der Waals surface area (Å²) < 4.78 is 30.6. The van der Waals surface area contributed by atoms with Gasteiger partial charge in [0.25, 0.3) is 0 Å². The average molecular weight is 406 g/mol. The van der Waals surface area contributed by atoms with Crippen molar-refractivity contribution < 1.29 is 18.3 Å². The molecule has 0 aromatic heterocycles. The van der Waals surface area contributed by atoms with Crippen molar-refractivity contribution in [3.05, 3.63) is 58.0 Å². The minimum atomic E-state index is -3.58. The maximum Gasteiger partial charge on any atom is 0.181 e. The maximum atomic E-state index is 12.1. The first-order valence-corrected chi connectivity index (χ1v) is 9.24. The van der Waals surface area contributed by atoms with Gasteiger partial charge in [0, 0.05) is 9.50 Å². The fraction of sp³-hybridized carbons (Fsp3) is 0.200. The standard InChI is InChI=1S/C15H14BrClO4S/c16-11-1-5-14(6-2-11)21-9-13(18)10-22(19,20)15-7-3-12(17)4-8-15/h1-8,13,18H,9-10H2/t13-/m1/s1. The van der Waals surface area contributed by atoms with Crippen LogP contribution in [-0.4, -0.2) is 32.0 Å². The summed E-state index contributed by atoms with van der Waals surface area (Å²) >= 11 is 9.03. The minimum absolute atomic E-state index is 0.103. The molecule has 0 amide bonds. The zero-order valence-electron chi connectivity index (χ0n) is 11.4. The zero-order chi connectivity index (χ0) is 16.2. The highest BCUT2D eigenvalue weighted by Crippen LogP contribution is 2.18. The van der Waals surface area contributed by atoms with Gasteiger partial charge in [-0.1, -0.05) is 27.5 Å². The molecule has 0 bridgehead atoms. The smallest absolute Gasteiger partial charge is 0.181 e. The number of benzene rings is 2. The molecule has 0 aliphatic rings. The Kier molecular flexibility index (Phi) is 5.86. The highest BCUT2D eigenvalue weighted by Gasteiger charge is 2.20. The van der Waals surface area contributed by atoms with E-state index in [0.717, 1.165) is 4.47 Å². The van der Waals surface area contributed by atoms with E-state index in [2.05, 4.69) is 15.9 Å². The van der Waals surface area contributed by atoms with Crippen LogP contribution in [0, 0.1) is 0 Å². The number of rotatable bonds is 6. The van der Waals surface area contributed by atoms with E-state index < -0.39 is 21.7 Å². The third kappa shape index (κ3) is 4.98. The molecular weight excluding hydrogens is 392 g/mol. The minimum Gasteiger partial charge on any atom is -0.491 e. The summed E-state index contributed by atoms with van der Waals surface area (Å²) in [6.07, 6.45) is -1.12. The Morgan fingerprint density at radius 1 is 1.09 bits per heavy atom. The number of hydrogen-bond donors (Lipinski definition) is 1. The Bertz CT molecular complexity index is 714. The van der Waals surface area contributed by atoms with E-state index in [9.17, 15) is 13.5 Å². The van der Waals surface area contributed by atoms with E-state index in [1.807, 2.05) is 0 Å². The fourth-order valence-corrected chi connectivity index (χ4v) is 3.50. The van der Waals surface area contributed by atoms with Crippen LogP contribution in [0.3, 0.4) is 0 Å². The van der Waals surface area contributed by atoms with Gasteiger partial charge in [-0.15, -0.1) is 0 Å². The van der Waals surface area contributed by atoms with Crippen molar-refractivity contribution in [1.29, 1.82) is 0 Å². The van der Waals surface area contributed by atoms with Crippen molar-refractivity contribution >= 4 is 37.4 Å². The van der Waals surface area contributed by atoms with Gasteiger partial charge >= 0.3 is 0 Å². The molecule has 0 heterocycles. The van der Waals surface area contributed by atoms with E-state index in [0.29, 0.717) is 10.8 Å². The highest BCUT2D eigenvalue weighted by atomic mass is 79.9. The van der Waals surface area contributed by atoms with Crippen LogP contribution in [0.2, 0.25) is 5.02 Å². The third-order valence-electron chi connectivity index (χ3n) is 2.84. The van der Waals surface area contributed by atoms with Gasteiger partial charge in [0.15, 0.2) is 9.84 Å². The van der Waals surface area contributed by atoms with E-state index >= 15 is 0 Å². The molecule has 0 spiro atoms. The van der Waals surface area contributed by atoms with Crippen LogP contribution in [0.25, 0.3) is 0 Å². The molecule has 1 N–H and O–H groups in total. The molecule has 0 unspecified atom stereocenters. The normalized spacial score (nSPS) is 12.9. The van der Waals surface area contributed by atoms with Gasteiger partial charge in [-0.25, -0.2) is 8.42 Å². The second-order valence-corrected chi connectivity index (χ2v) is 8.04. The lowest BCUT2D eigenvalue weighted by Gasteiger charge is -2.13.